The minimum Gasteiger partial charge on any atom is -0.444 e. The highest BCUT2D eigenvalue weighted by Gasteiger charge is 2.18. The first-order valence-corrected chi connectivity index (χ1v) is 8.28. The summed E-state index contributed by atoms with van der Waals surface area (Å²) in [6, 6.07) is 8.91. The first kappa shape index (κ1) is 17.8. The molecule has 0 spiro atoms. The molecule has 1 aromatic carbocycles. The van der Waals surface area contributed by atoms with Crippen molar-refractivity contribution in [2.24, 2.45) is 0 Å². The van der Waals surface area contributed by atoms with E-state index in [1.807, 2.05) is 20.8 Å². The van der Waals surface area contributed by atoms with Crippen LogP contribution in [-0.4, -0.2) is 42.8 Å². The number of alkyl carbamates (subject to hydrolysis) is 1. The van der Waals surface area contributed by atoms with E-state index < -0.39 is 5.60 Å². The fourth-order valence-corrected chi connectivity index (χ4v) is 2.63. The van der Waals surface area contributed by atoms with Gasteiger partial charge in [-0.3, -0.25) is 0 Å². The summed E-state index contributed by atoms with van der Waals surface area (Å²) in [7, 11) is 2.16. The molecule has 1 atom stereocenters. The number of carbonyl (C=O) groups is 1. The lowest BCUT2D eigenvalue weighted by Crippen LogP contribution is -2.32. The van der Waals surface area contributed by atoms with Gasteiger partial charge in [-0.2, -0.15) is 0 Å². The zero-order valence-corrected chi connectivity index (χ0v) is 14.7. The molecule has 1 aliphatic rings. The Balaban J connectivity index is 1.73. The first-order chi connectivity index (χ1) is 10.8. The van der Waals surface area contributed by atoms with Gasteiger partial charge in [0.1, 0.15) is 5.60 Å². The number of benzene rings is 1. The number of carbonyl (C=O) groups excluding carboxylic acids is 1. The number of hydrogen-bond acceptors (Lipinski definition) is 4. The molecular weight excluding hydrogens is 290 g/mol. The van der Waals surface area contributed by atoms with Crippen molar-refractivity contribution >= 4 is 6.09 Å². The molecule has 5 nitrogen and oxygen atoms in total. The molecule has 5 heteroatoms. The van der Waals surface area contributed by atoms with Crippen molar-refractivity contribution in [3.63, 3.8) is 0 Å². The van der Waals surface area contributed by atoms with Crippen LogP contribution < -0.4 is 10.6 Å². The van der Waals surface area contributed by atoms with Gasteiger partial charge < -0.3 is 20.3 Å². The van der Waals surface area contributed by atoms with E-state index in [1.165, 1.54) is 18.5 Å². The SMILES string of the molecule is CN1CCC(NCc2ccc(CNC(=O)OC(C)(C)C)cc2)C1. The molecule has 1 saturated heterocycles. The third-order valence-corrected chi connectivity index (χ3v) is 3.84. The zero-order valence-electron chi connectivity index (χ0n) is 14.7. The monoisotopic (exact) mass is 319 g/mol. The van der Waals surface area contributed by atoms with Gasteiger partial charge in [0.2, 0.25) is 0 Å². The van der Waals surface area contributed by atoms with Crippen molar-refractivity contribution in [3.8, 4) is 0 Å². The van der Waals surface area contributed by atoms with Crippen LogP contribution in [-0.2, 0) is 17.8 Å². The Hall–Kier alpha value is -1.59. The van der Waals surface area contributed by atoms with E-state index in [2.05, 4.69) is 46.8 Å². The number of hydrogen-bond donors (Lipinski definition) is 2. The molecule has 1 aliphatic heterocycles. The third-order valence-electron chi connectivity index (χ3n) is 3.84. The number of likely N-dealkylation sites (tertiary alicyclic amines) is 1. The van der Waals surface area contributed by atoms with Crippen LogP contribution in [0, 0.1) is 0 Å². The maximum atomic E-state index is 11.6. The highest BCUT2D eigenvalue weighted by molar-refractivity contribution is 5.67. The average molecular weight is 319 g/mol. The molecule has 1 amide bonds. The number of nitrogens with one attached hydrogen (secondary N) is 2. The van der Waals surface area contributed by atoms with Crippen LogP contribution in [0.2, 0.25) is 0 Å². The Morgan fingerprint density at radius 1 is 1.22 bits per heavy atom. The molecule has 0 radical (unpaired) electrons. The number of nitrogens with zero attached hydrogens (tertiary/aromatic N) is 1. The zero-order chi connectivity index (χ0) is 16.9. The Morgan fingerprint density at radius 2 is 1.83 bits per heavy atom. The van der Waals surface area contributed by atoms with Gasteiger partial charge in [-0.05, 0) is 51.9 Å². The van der Waals surface area contributed by atoms with Gasteiger partial charge in [0.15, 0.2) is 0 Å². The predicted molar refractivity (Wildman–Crippen MR) is 92.3 cm³/mol. The average Bonchev–Trinajstić information content (AvgIpc) is 2.88. The van der Waals surface area contributed by atoms with Gasteiger partial charge >= 0.3 is 6.09 Å². The van der Waals surface area contributed by atoms with Crippen molar-refractivity contribution in [2.75, 3.05) is 20.1 Å². The molecular formula is C18H29N3O2. The van der Waals surface area contributed by atoms with Gasteiger partial charge in [0, 0.05) is 25.7 Å². The van der Waals surface area contributed by atoms with Crippen molar-refractivity contribution in [2.45, 2.75) is 51.9 Å². The summed E-state index contributed by atoms with van der Waals surface area (Å²) in [5.74, 6) is 0. The molecule has 0 aromatic heterocycles. The maximum Gasteiger partial charge on any atom is 0.407 e. The van der Waals surface area contributed by atoms with Crippen LogP contribution in [0.3, 0.4) is 0 Å². The highest BCUT2D eigenvalue weighted by atomic mass is 16.6. The van der Waals surface area contributed by atoms with Crippen LogP contribution in [0.15, 0.2) is 24.3 Å². The number of amides is 1. The number of rotatable bonds is 5. The maximum absolute atomic E-state index is 11.6. The summed E-state index contributed by atoms with van der Waals surface area (Å²) in [5, 5.41) is 6.37. The Bertz CT molecular complexity index is 508. The largest absolute Gasteiger partial charge is 0.444 e. The molecule has 0 aliphatic carbocycles. The van der Waals surface area contributed by atoms with E-state index in [9.17, 15) is 4.79 Å². The lowest BCUT2D eigenvalue weighted by molar-refractivity contribution is 0.0523. The van der Waals surface area contributed by atoms with Crippen LogP contribution in [0.1, 0.15) is 38.3 Å². The molecule has 0 saturated carbocycles. The fraction of sp³-hybridized carbons (Fsp3) is 0.611. The quantitative estimate of drug-likeness (QED) is 0.875. The Morgan fingerprint density at radius 3 is 2.35 bits per heavy atom. The number of ether oxygens (including phenoxy) is 1. The first-order valence-electron chi connectivity index (χ1n) is 8.28. The van der Waals surface area contributed by atoms with Crippen LogP contribution >= 0.6 is 0 Å². The van der Waals surface area contributed by atoms with E-state index in [0.717, 1.165) is 18.7 Å². The van der Waals surface area contributed by atoms with Gasteiger partial charge in [0.05, 0.1) is 0 Å². The van der Waals surface area contributed by atoms with E-state index in [-0.39, 0.29) is 6.09 Å². The van der Waals surface area contributed by atoms with Crippen molar-refractivity contribution in [1.29, 1.82) is 0 Å². The molecule has 23 heavy (non-hydrogen) atoms. The minimum absolute atomic E-state index is 0.381. The van der Waals surface area contributed by atoms with E-state index in [4.69, 9.17) is 4.74 Å². The van der Waals surface area contributed by atoms with Crippen molar-refractivity contribution < 1.29 is 9.53 Å². The summed E-state index contributed by atoms with van der Waals surface area (Å²) >= 11 is 0. The molecule has 2 N–H and O–H groups in total. The van der Waals surface area contributed by atoms with E-state index in [0.29, 0.717) is 12.6 Å². The third kappa shape index (κ3) is 6.59. The predicted octanol–water partition coefficient (Wildman–Crippen LogP) is 2.50. The molecule has 128 valence electrons. The standard InChI is InChI=1S/C18H29N3O2/c1-18(2,3)23-17(22)20-12-15-7-5-14(6-8-15)11-19-16-9-10-21(4)13-16/h5-8,16,19H,9-13H2,1-4H3,(H,20,22). The summed E-state index contributed by atoms with van der Waals surface area (Å²) in [5.41, 5.74) is 1.87. The summed E-state index contributed by atoms with van der Waals surface area (Å²) in [6.07, 6.45) is 0.836. The van der Waals surface area contributed by atoms with Gasteiger partial charge in [-0.1, -0.05) is 24.3 Å². The normalized spacial score (nSPS) is 18.9. The summed E-state index contributed by atoms with van der Waals surface area (Å²) < 4.78 is 5.22. The second kappa shape index (κ2) is 7.79. The van der Waals surface area contributed by atoms with E-state index >= 15 is 0 Å². The van der Waals surface area contributed by atoms with Gasteiger partial charge in [-0.15, -0.1) is 0 Å². The molecule has 2 rings (SSSR count). The summed E-state index contributed by atoms with van der Waals surface area (Å²) in [4.78, 5) is 14.0. The van der Waals surface area contributed by atoms with E-state index in [1.54, 1.807) is 0 Å². The topological polar surface area (TPSA) is 53.6 Å². The van der Waals surface area contributed by atoms with Gasteiger partial charge in [-0.25, -0.2) is 4.79 Å². The molecule has 1 heterocycles. The minimum atomic E-state index is -0.464. The molecule has 0 bridgehead atoms. The van der Waals surface area contributed by atoms with Crippen LogP contribution in [0.25, 0.3) is 0 Å². The lowest BCUT2D eigenvalue weighted by atomic mass is 10.1. The second-order valence-corrected chi connectivity index (χ2v) is 7.30. The second-order valence-electron chi connectivity index (χ2n) is 7.30. The smallest absolute Gasteiger partial charge is 0.407 e. The lowest BCUT2D eigenvalue weighted by Gasteiger charge is -2.19. The molecule has 1 fully saturated rings. The molecule has 1 aromatic rings. The highest BCUT2D eigenvalue weighted by Crippen LogP contribution is 2.10. The van der Waals surface area contributed by atoms with Crippen molar-refractivity contribution in [3.05, 3.63) is 35.4 Å². The number of likely N-dealkylation sites (N-methyl/N-ethyl adjacent to an activating group) is 1. The Kier molecular flexibility index (Phi) is 6.02. The van der Waals surface area contributed by atoms with Crippen LogP contribution in [0.5, 0.6) is 0 Å². The van der Waals surface area contributed by atoms with Crippen LogP contribution in [0.4, 0.5) is 4.79 Å². The Labute approximate surface area is 139 Å². The van der Waals surface area contributed by atoms with Gasteiger partial charge in [0.25, 0.3) is 0 Å². The summed E-state index contributed by atoms with van der Waals surface area (Å²) in [6.45, 7) is 9.24. The molecule has 1 unspecified atom stereocenters. The fourth-order valence-electron chi connectivity index (χ4n) is 2.63. The van der Waals surface area contributed by atoms with Crippen molar-refractivity contribution in [1.82, 2.24) is 15.5 Å².